The Bertz CT molecular complexity index is 791. The zero-order valence-corrected chi connectivity index (χ0v) is 12.9. The van der Waals surface area contributed by atoms with Gasteiger partial charge in [0.05, 0.1) is 16.3 Å². The molecule has 106 valence electrons. The van der Waals surface area contributed by atoms with Crippen molar-refractivity contribution in [2.45, 2.75) is 32.2 Å². The van der Waals surface area contributed by atoms with E-state index < -0.39 is 0 Å². The van der Waals surface area contributed by atoms with E-state index in [4.69, 9.17) is 0 Å². The third-order valence-corrected chi connectivity index (χ3v) is 5.16. The fraction of sp³-hybridized carbons (Fsp3) is 0.278. The summed E-state index contributed by atoms with van der Waals surface area (Å²) in [5, 5.41) is 5.71. The van der Waals surface area contributed by atoms with E-state index in [0.717, 1.165) is 5.52 Å². The van der Waals surface area contributed by atoms with Crippen molar-refractivity contribution in [3.8, 4) is 0 Å². The van der Waals surface area contributed by atoms with Crippen LogP contribution in [0.4, 0.5) is 5.69 Å². The summed E-state index contributed by atoms with van der Waals surface area (Å²) in [5.41, 5.74) is 6.59. The number of thiophene rings is 1. The third-order valence-electron chi connectivity index (χ3n) is 4.31. The van der Waals surface area contributed by atoms with Crippen LogP contribution >= 0.6 is 11.3 Å². The van der Waals surface area contributed by atoms with Crippen molar-refractivity contribution in [1.82, 2.24) is 4.98 Å². The molecule has 3 aromatic rings. The lowest BCUT2D eigenvalue weighted by Gasteiger charge is -2.16. The number of rotatable bonds is 3. The van der Waals surface area contributed by atoms with Crippen molar-refractivity contribution >= 4 is 27.2 Å². The van der Waals surface area contributed by atoms with E-state index in [0.29, 0.717) is 0 Å². The Labute approximate surface area is 128 Å². The van der Waals surface area contributed by atoms with Gasteiger partial charge in [-0.2, -0.15) is 0 Å². The maximum atomic E-state index is 4.53. The van der Waals surface area contributed by atoms with Crippen molar-refractivity contribution in [3.05, 3.63) is 58.6 Å². The number of pyridine rings is 1. The van der Waals surface area contributed by atoms with Crippen molar-refractivity contribution in [3.63, 3.8) is 0 Å². The molecule has 0 radical (unpaired) electrons. The van der Waals surface area contributed by atoms with E-state index in [1.807, 2.05) is 6.20 Å². The van der Waals surface area contributed by atoms with Gasteiger partial charge in [0.2, 0.25) is 0 Å². The predicted octanol–water partition coefficient (Wildman–Crippen LogP) is 4.96. The van der Waals surface area contributed by atoms with E-state index in [1.165, 1.54) is 46.3 Å². The molecule has 2 aromatic heterocycles. The van der Waals surface area contributed by atoms with Gasteiger partial charge in [-0.25, -0.2) is 0 Å². The topological polar surface area (TPSA) is 24.9 Å². The summed E-state index contributed by atoms with van der Waals surface area (Å²) in [6, 6.07) is 11.4. The molecule has 1 atom stereocenters. The largest absolute Gasteiger partial charge is 0.378 e. The number of anilines is 1. The highest BCUT2D eigenvalue weighted by atomic mass is 32.1. The van der Waals surface area contributed by atoms with Gasteiger partial charge in [-0.1, -0.05) is 6.07 Å². The van der Waals surface area contributed by atoms with Gasteiger partial charge in [-0.15, -0.1) is 11.3 Å². The van der Waals surface area contributed by atoms with Gasteiger partial charge in [0, 0.05) is 11.9 Å². The second kappa shape index (κ2) is 5.15. The normalized spacial score (nSPS) is 15.1. The number of fused-ring (bicyclic) bond motifs is 2. The molecular formula is C18H18N2S. The van der Waals surface area contributed by atoms with E-state index in [1.54, 1.807) is 11.3 Å². The van der Waals surface area contributed by atoms with Gasteiger partial charge in [-0.05, 0) is 72.5 Å². The maximum absolute atomic E-state index is 4.53. The monoisotopic (exact) mass is 294 g/mol. The molecule has 1 unspecified atom stereocenters. The van der Waals surface area contributed by atoms with Crippen LogP contribution in [-0.4, -0.2) is 4.98 Å². The Hall–Kier alpha value is -1.87. The molecule has 4 rings (SSSR count). The summed E-state index contributed by atoms with van der Waals surface area (Å²) >= 11 is 1.75. The zero-order chi connectivity index (χ0) is 14.2. The SMILES string of the molecule is CC(Nc1ccc2c(c1)CCC2)c1cnc2ccsc2c1. The second-order valence-corrected chi connectivity index (χ2v) is 6.72. The maximum Gasteiger partial charge on any atom is 0.0809 e. The molecular weight excluding hydrogens is 276 g/mol. The first kappa shape index (κ1) is 12.8. The molecule has 3 heteroatoms. The van der Waals surface area contributed by atoms with Gasteiger partial charge in [0.15, 0.2) is 0 Å². The Morgan fingerprint density at radius 2 is 2.05 bits per heavy atom. The zero-order valence-electron chi connectivity index (χ0n) is 12.1. The molecule has 2 heterocycles. The second-order valence-electron chi connectivity index (χ2n) is 5.78. The van der Waals surface area contributed by atoms with E-state index in [-0.39, 0.29) is 6.04 Å². The number of benzene rings is 1. The standard InChI is InChI=1S/C18H18N2S/c1-12(15-10-18-17(19-11-15)7-8-21-18)20-16-6-5-13-3-2-4-14(13)9-16/h5-12,20H,2-4H2,1H3. The molecule has 0 amide bonds. The molecule has 0 saturated heterocycles. The molecule has 0 fully saturated rings. The first-order valence-corrected chi connectivity index (χ1v) is 8.39. The number of hydrogen-bond acceptors (Lipinski definition) is 3. The Balaban J connectivity index is 1.58. The number of aryl methyl sites for hydroxylation is 2. The van der Waals surface area contributed by atoms with Crippen molar-refractivity contribution in [2.75, 3.05) is 5.32 Å². The van der Waals surface area contributed by atoms with Crippen molar-refractivity contribution in [2.24, 2.45) is 0 Å². The Morgan fingerprint density at radius 1 is 1.14 bits per heavy atom. The van der Waals surface area contributed by atoms with Gasteiger partial charge < -0.3 is 5.32 Å². The average molecular weight is 294 g/mol. The highest BCUT2D eigenvalue weighted by Gasteiger charge is 2.12. The lowest BCUT2D eigenvalue weighted by molar-refractivity contribution is 0.879. The smallest absolute Gasteiger partial charge is 0.0809 e. The summed E-state index contributed by atoms with van der Waals surface area (Å²) in [6.45, 7) is 2.20. The summed E-state index contributed by atoms with van der Waals surface area (Å²) in [6.07, 6.45) is 5.75. The van der Waals surface area contributed by atoms with Crippen LogP contribution in [0.25, 0.3) is 10.2 Å². The summed E-state index contributed by atoms with van der Waals surface area (Å²) in [4.78, 5) is 4.53. The first-order chi connectivity index (χ1) is 10.3. The highest BCUT2D eigenvalue weighted by molar-refractivity contribution is 7.17. The van der Waals surface area contributed by atoms with Gasteiger partial charge in [-0.3, -0.25) is 4.98 Å². The van der Waals surface area contributed by atoms with Crippen LogP contribution in [0.1, 0.15) is 36.1 Å². The molecule has 0 spiro atoms. The molecule has 0 aliphatic heterocycles. The molecule has 0 bridgehead atoms. The van der Waals surface area contributed by atoms with Crippen LogP contribution in [-0.2, 0) is 12.8 Å². The van der Waals surface area contributed by atoms with Crippen LogP contribution < -0.4 is 5.32 Å². The summed E-state index contributed by atoms with van der Waals surface area (Å²) < 4.78 is 1.26. The van der Waals surface area contributed by atoms with Crippen LogP contribution in [0, 0.1) is 0 Å². The van der Waals surface area contributed by atoms with E-state index in [2.05, 4.69) is 52.9 Å². The summed E-state index contributed by atoms with van der Waals surface area (Å²) in [5.74, 6) is 0. The lowest BCUT2D eigenvalue weighted by Crippen LogP contribution is -2.07. The van der Waals surface area contributed by atoms with Crippen LogP contribution in [0.15, 0.2) is 41.9 Å². The fourth-order valence-electron chi connectivity index (χ4n) is 3.09. The minimum atomic E-state index is 0.267. The van der Waals surface area contributed by atoms with Crippen LogP contribution in [0.5, 0.6) is 0 Å². The average Bonchev–Trinajstić information content (AvgIpc) is 3.14. The van der Waals surface area contributed by atoms with E-state index in [9.17, 15) is 0 Å². The van der Waals surface area contributed by atoms with Gasteiger partial charge in [0.1, 0.15) is 0 Å². The minimum Gasteiger partial charge on any atom is -0.378 e. The number of aromatic nitrogens is 1. The molecule has 2 nitrogen and oxygen atoms in total. The molecule has 1 aliphatic carbocycles. The van der Waals surface area contributed by atoms with Crippen molar-refractivity contribution in [1.29, 1.82) is 0 Å². The minimum absolute atomic E-state index is 0.267. The van der Waals surface area contributed by atoms with Gasteiger partial charge in [0.25, 0.3) is 0 Å². The van der Waals surface area contributed by atoms with Crippen molar-refractivity contribution < 1.29 is 0 Å². The Morgan fingerprint density at radius 3 is 3.00 bits per heavy atom. The number of hydrogen-bond donors (Lipinski definition) is 1. The molecule has 0 saturated carbocycles. The quantitative estimate of drug-likeness (QED) is 0.738. The predicted molar refractivity (Wildman–Crippen MR) is 90.1 cm³/mol. The third kappa shape index (κ3) is 2.42. The molecule has 21 heavy (non-hydrogen) atoms. The van der Waals surface area contributed by atoms with E-state index >= 15 is 0 Å². The number of nitrogens with zero attached hydrogens (tertiary/aromatic N) is 1. The molecule has 1 N–H and O–H groups in total. The van der Waals surface area contributed by atoms with Crippen LogP contribution in [0.3, 0.4) is 0 Å². The Kier molecular flexibility index (Phi) is 3.15. The first-order valence-electron chi connectivity index (χ1n) is 7.51. The summed E-state index contributed by atoms with van der Waals surface area (Å²) in [7, 11) is 0. The lowest BCUT2D eigenvalue weighted by atomic mass is 10.1. The van der Waals surface area contributed by atoms with Gasteiger partial charge >= 0.3 is 0 Å². The fourth-order valence-corrected chi connectivity index (χ4v) is 3.88. The van der Waals surface area contributed by atoms with Crippen LogP contribution in [0.2, 0.25) is 0 Å². The number of nitrogens with one attached hydrogen (secondary N) is 1. The highest BCUT2D eigenvalue weighted by Crippen LogP contribution is 2.28. The molecule has 1 aromatic carbocycles. The molecule has 1 aliphatic rings.